The third-order valence-electron chi connectivity index (χ3n) is 2.50. The fourth-order valence-electron chi connectivity index (χ4n) is 1.40. The molecule has 5 nitrogen and oxygen atoms in total. The van der Waals surface area contributed by atoms with Crippen molar-refractivity contribution in [3.8, 4) is 0 Å². The first-order chi connectivity index (χ1) is 8.45. The van der Waals surface area contributed by atoms with Crippen molar-refractivity contribution in [2.24, 2.45) is 0 Å². The minimum atomic E-state index is -1.36. The zero-order valence-corrected chi connectivity index (χ0v) is 11.0. The maximum atomic E-state index is 11.9. The number of hydrogen-bond donors (Lipinski definition) is 2. The van der Waals surface area contributed by atoms with Gasteiger partial charge < -0.3 is 10.4 Å². The van der Waals surface area contributed by atoms with Crippen LogP contribution in [0.4, 0.5) is 0 Å². The van der Waals surface area contributed by atoms with Crippen LogP contribution in [0.25, 0.3) is 0 Å². The van der Waals surface area contributed by atoms with E-state index in [0.29, 0.717) is 10.5 Å². The summed E-state index contributed by atoms with van der Waals surface area (Å²) in [5, 5.41) is 11.4. The molecule has 1 aromatic rings. The van der Waals surface area contributed by atoms with Crippen molar-refractivity contribution in [1.82, 2.24) is 5.32 Å². The molecule has 0 bridgehead atoms. The van der Waals surface area contributed by atoms with Crippen LogP contribution in [-0.2, 0) is 15.6 Å². The zero-order chi connectivity index (χ0) is 13.7. The normalized spacial score (nSPS) is 11.9. The standard InChI is InChI=1S/C12H15NO4S/c1-8-3-4-9(7-10(8)12(15)16)18(17)6-5-11(14)13-2/h3-4,7H,5-6H2,1-2H3,(H,13,14)(H,15,16). The van der Waals surface area contributed by atoms with Gasteiger partial charge in [0.2, 0.25) is 5.91 Å². The van der Waals surface area contributed by atoms with Crippen LogP contribution in [0, 0.1) is 6.92 Å². The van der Waals surface area contributed by atoms with Crippen LogP contribution in [0.5, 0.6) is 0 Å². The molecular formula is C12H15NO4S. The molecular weight excluding hydrogens is 254 g/mol. The number of nitrogens with one attached hydrogen (secondary N) is 1. The van der Waals surface area contributed by atoms with Gasteiger partial charge in [0.25, 0.3) is 0 Å². The van der Waals surface area contributed by atoms with Gasteiger partial charge in [0, 0.05) is 24.1 Å². The highest BCUT2D eigenvalue weighted by Crippen LogP contribution is 2.15. The summed E-state index contributed by atoms with van der Waals surface area (Å²) in [5.41, 5.74) is 0.760. The van der Waals surface area contributed by atoms with E-state index in [4.69, 9.17) is 5.11 Å². The molecule has 0 saturated heterocycles. The molecule has 2 N–H and O–H groups in total. The highest BCUT2D eigenvalue weighted by molar-refractivity contribution is 7.85. The van der Waals surface area contributed by atoms with Crippen molar-refractivity contribution in [1.29, 1.82) is 0 Å². The zero-order valence-electron chi connectivity index (χ0n) is 10.2. The Kier molecular flexibility index (Phi) is 5.03. The van der Waals surface area contributed by atoms with Gasteiger partial charge in [-0.05, 0) is 24.6 Å². The van der Waals surface area contributed by atoms with Gasteiger partial charge in [-0.1, -0.05) is 6.07 Å². The Bertz CT molecular complexity index is 499. The second kappa shape index (κ2) is 6.30. The molecule has 0 aromatic heterocycles. The lowest BCUT2D eigenvalue weighted by Gasteiger charge is -2.05. The average Bonchev–Trinajstić information content (AvgIpc) is 2.35. The summed E-state index contributed by atoms with van der Waals surface area (Å²) in [6.45, 7) is 1.68. The van der Waals surface area contributed by atoms with E-state index in [0.717, 1.165) is 0 Å². The van der Waals surface area contributed by atoms with Crippen molar-refractivity contribution >= 4 is 22.7 Å². The SMILES string of the molecule is CNC(=O)CCS(=O)c1ccc(C)c(C(=O)O)c1. The lowest BCUT2D eigenvalue weighted by Crippen LogP contribution is -2.19. The molecule has 0 heterocycles. The Morgan fingerprint density at radius 3 is 2.61 bits per heavy atom. The van der Waals surface area contributed by atoms with Crippen molar-refractivity contribution in [2.75, 3.05) is 12.8 Å². The molecule has 0 radical (unpaired) electrons. The van der Waals surface area contributed by atoms with E-state index < -0.39 is 16.8 Å². The van der Waals surface area contributed by atoms with Gasteiger partial charge >= 0.3 is 5.97 Å². The maximum absolute atomic E-state index is 11.9. The van der Waals surface area contributed by atoms with Gasteiger partial charge in [0.05, 0.1) is 16.4 Å². The second-order valence-corrected chi connectivity index (χ2v) is 5.33. The molecule has 98 valence electrons. The van der Waals surface area contributed by atoms with Gasteiger partial charge in [0.1, 0.15) is 0 Å². The van der Waals surface area contributed by atoms with Crippen LogP contribution in [0.1, 0.15) is 22.3 Å². The number of benzene rings is 1. The van der Waals surface area contributed by atoms with E-state index in [1.165, 1.54) is 13.1 Å². The van der Waals surface area contributed by atoms with Crippen molar-refractivity contribution < 1.29 is 18.9 Å². The van der Waals surface area contributed by atoms with E-state index in [1.54, 1.807) is 19.1 Å². The first kappa shape index (κ1) is 14.4. The number of aryl methyl sites for hydroxylation is 1. The number of carbonyl (C=O) groups excluding carboxylic acids is 1. The first-order valence-electron chi connectivity index (χ1n) is 5.38. The molecule has 18 heavy (non-hydrogen) atoms. The quantitative estimate of drug-likeness (QED) is 0.833. The summed E-state index contributed by atoms with van der Waals surface area (Å²) in [5.74, 6) is -1.05. The molecule has 1 rings (SSSR count). The molecule has 1 unspecified atom stereocenters. The molecule has 1 amide bonds. The largest absolute Gasteiger partial charge is 0.478 e. The third kappa shape index (κ3) is 3.66. The van der Waals surface area contributed by atoms with Crippen LogP contribution in [0.15, 0.2) is 23.1 Å². The smallest absolute Gasteiger partial charge is 0.335 e. The minimum absolute atomic E-state index is 0.140. The lowest BCUT2D eigenvalue weighted by atomic mass is 10.1. The Morgan fingerprint density at radius 1 is 1.39 bits per heavy atom. The summed E-state index contributed by atoms with van der Waals surface area (Å²) in [7, 11) is 0.149. The maximum Gasteiger partial charge on any atom is 0.335 e. The molecule has 0 spiro atoms. The predicted molar refractivity (Wildman–Crippen MR) is 68.1 cm³/mol. The van der Waals surface area contributed by atoms with Gasteiger partial charge in [-0.15, -0.1) is 0 Å². The number of hydrogen-bond acceptors (Lipinski definition) is 3. The second-order valence-electron chi connectivity index (χ2n) is 3.75. The highest BCUT2D eigenvalue weighted by atomic mass is 32.2. The monoisotopic (exact) mass is 269 g/mol. The number of amides is 1. The number of rotatable bonds is 5. The topological polar surface area (TPSA) is 83.5 Å². The van der Waals surface area contributed by atoms with Crippen LogP contribution < -0.4 is 5.32 Å². The van der Waals surface area contributed by atoms with Gasteiger partial charge in [-0.25, -0.2) is 4.79 Å². The van der Waals surface area contributed by atoms with E-state index in [-0.39, 0.29) is 23.6 Å². The van der Waals surface area contributed by atoms with Gasteiger partial charge in [0.15, 0.2) is 0 Å². The molecule has 0 aliphatic carbocycles. The van der Waals surface area contributed by atoms with E-state index >= 15 is 0 Å². The van der Waals surface area contributed by atoms with Crippen molar-refractivity contribution in [2.45, 2.75) is 18.2 Å². The third-order valence-corrected chi connectivity index (χ3v) is 3.85. The average molecular weight is 269 g/mol. The van der Waals surface area contributed by atoms with Crippen molar-refractivity contribution in [3.63, 3.8) is 0 Å². The molecule has 0 aliphatic rings. The molecule has 1 atom stereocenters. The molecule has 0 fully saturated rings. The van der Waals surface area contributed by atoms with Crippen LogP contribution in [0.3, 0.4) is 0 Å². The Morgan fingerprint density at radius 2 is 2.06 bits per heavy atom. The van der Waals surface area contributed by atoms with Crippen LogP contribution >= 0.6 is 0 Å². The number of aromatic carboxylic acids is 1. The summed E-state index contributed by atoms with van der Waals surface area (Å²) in [4.78, 5) is 22.4. The molecule has 6 heteroatoms. The van der Waals surface area contributed by atoms with Crippen LogP contribution in [-0.4, -0.2) is 34.0 Å². The van der Waals surface area contributed by atoms with Gasteiger partial charge in [-0.3, -0.25) is 9.00 Å². The van der Waals surface area contributed by atoms with Crippen LogP contribution in [0.2, 0.25) is 0 Å². The van der Waals surface area contributed by atoms with Crippen molar-refractivity contribution in [3.05, 3.63) is 29.3 Å². The fourth-order valence-corrected chi connectivity index (χ4v) is 2.48. The first-order valence-corrected chi connectivity index (χ1v) is 6.70. The number of carboxylic acid groups (broad SMARTS) is 1. The molecule has 0 saturated carbocycles. The number of carbonyl (C=O) groups is 2. The summed E-state index contributed by atoms with van der Waals surface area (Å²) in [6.07, 6.45) is 0.152. The lowest BCUT2D eigenvalue weighted by molar-refractivity contribution is -0.120. The molecule has 0 aliphatic heterocycles. The summed E-state index contributed by atoms with van der Waals surface area (Å²) < 4.78 is 11.9. The summed E-state index contributed by atoms with van der Waals surface area (Å²) in [6, 6.07) is 4.65. The number of carboxylic acids is 1. The predicted octanol–water partition coefficient (Wildman–Crippen LogP) is 0.937. The fraction of sp³-hybridized carbons (Fsp3) is 0.333. The Hall–Kier alpha value is -1.69. The van der Waals surface area contributed by atoms with E-state index in [2.05, 4.69) is 5.32 Å². The molecule has 1 aromatic carbocycles. The van der Waals surface area contributed by atoms with E-state index in [1.807, 2.05) is 0 Å². The summed E-state index contributed by atoms with van der Waals surface area (Å²) >= 11 is 0. The highest BCUT2D eigenvalue weighted by Gasteiger charge is 2.12. The Labute approximate surface area is 108 Å². The van der Waals surface area contributed by atoms with E-state index in [9.17, 15) is 13.8 Å². The minimum Gasteiger partial charge on any atom is -0.478 e. The Balaban J connectivity index is 2.84. The van der Waals surface area contributed by atoms with Gasteiger partial charge in [-0.2, -0.15) is 0 Å².